The van der Waals surface area contributed by atoms with E-state index in [1.54, 1.807) is 60.7 Å². The molecule has 1 aliphatic rings. The fraction of sp³-hybridized carbons (Fsp3) is 0.0435. The van der Waals surface area contributed by atoms with Crippen molar-refractivity contribution >= 4 is 35.3 Å². The van der Waals surface area contributed by atoms with Gasteiger partial charge in [-0.05, 0) is 36.4 Å². The standard InChI is InChI=1S/C23H16ClFN2O3/c24-17-8-5-9-18(13-17)27-22(28)20(26-23(27)29)12-15-6-2-4-11-21(15)30-14-16-7-1-3-10-19(16)25/h1-13H,14H2,(H,26,29)/b20-12+. The Morgan fingerprint density at radius 1 is 1.00 bits per heavy atom. The summed E-state index contributed by atoms with van der Waals surface area (Å²) in [6.45, 7) is 0.0296. The predicted octanol–water partition coefficient (Wildman–Crippen LogP) is 5.16. The van der Waals surface area contributed by atoms with Gasteiger partial charge >= 0.3 is 6.03 Å². The highest BCUT2D eigenvalue weighted by Crippen LogP contribution is 2.27. The summed E-state index contributed by atoms with van der Waals surface area (Å²) in [7, 11) is 0. The Bertz CT molecular complexity index is 1160. The molecule has 0 spiro atoms. The van der Waals surface area contributed by atoms with Crippen molar-refractivity contribution in [3.8, 4) is 5.75 Å². The highest BCUT2D eigenvalue weighted by molar-refractivity contribution is 6.32. The topological polar surface area (TPSA) is 58.6 Å². The van der Waals surface area contributed by atoms with Crippen LogP contribution in [-0.4, -0.2) is 11.9 Å². The van der Waals surface area contributed by atoms with Crippen LogP contribution in [0.5, 0.6) is 5.75 Å². The van der Waals surface area contributed by atoms with Gasteiger partial charge < -0.3 is 10.1 Å². The van der Waals surface area contributed by atoms with Crippen LogP contribution in [0.1, 0.15) is 11.1 Å². The van der Waals surface area contributed by atoms with Crippen LogP contribution in [0.3, 0.4) is 0 Å². The van der Waals surface area contributed by atoms with E-state index < -0.39 is 11.9 Å². The molecule has 1 saturated heterocycles. The summed E-state index contributed by atoms with van der Waals surface area (Å²) < 4.78 is 19.6. The molecule has 0 aliphatic carbocycles. The summed E-state index contributed by atoms with van der Waals surface area (Å²) in [5.74, 6) is -0.411. The lowest BCUT2D eigenvalue weighted by Gasteiger charge is -2.12. The van der Waals surface area contributed by atoms with Crippen molar-refractivity contribution in [3.05, 3.63) is 100 Å². The van der Waals surface area contributed by atoms with Crippen molar-refractivity contribution in [2.24, 2.45) is 0 Å². The third-order valence-corrected chi connectivity index (χ3v) is 4.74. The number of amides is 3. The molecule has 3 amide bonds. The summed E-state index contributed by atoms with van der Waals surface area (Å²) in [6.07, 6.45) is 1.53. The Hall–Kier alpha value is -3.64. The Morgan fingerprint density at radius 2 is 1.77 bits per heavy atom. The molecule has 5 nitrogen and oxygen atoms in total. The SMILES string of the molecule is O=C1N/C(=C/c2ccccc2OCc2ccccc2F)C(=O)N1c1cccc(Cl)c1. The smallest absolute Gasteiger partial charge is 0.333 e. The number of urea groups is 1. The monoisotopic (exact) mass is 422 g/mol. The highest BCUT2D eigenvalue weighted by Gasteiger charge is 2.35. The van der Waals surface area contributed by atoms with Gasteiger partial charge in [0.05, 0.1) is 5.69 Å². The van der Waals surface area contributed by atoms with Crippen LogP contribution >= 0.6 is 11.6 Å². The lowest BCUT2D eigenvalue weighted by Crippen LogP contribution is -2.30. The van der Waals surface area contributed by atoms with E-state index in [0.29, 0.717) is 27.6 Å². The molecule has 0 radical (unpaired) electrons. The van der Waals surface area contributed by atoms with Crippen molar-refractivity contribution in [2.75, 3.05) is 4.90 Å². The van der Waals surface area contributed by atoms with Crippen molar-refractivity contribution < 1.29 is 18.7 Å². The number of carbonyl (C=O) groups is 2. The van der Waals surface area contributed by atoms with E-state index in [9.17, 15) is 14.0 Å². The number of para-hydroxylation sites is 1. The normalized spacial score (nSPS) is 14.9. The van der Waals surface area contributed by atoms with E-state index >= 15 is 0 Å². The fourth-order valence-electron chi connectivity index (χ4n) is 3.04. The van der Waals surface area contributed by atoms with Gasteiger partial charge in [-0.1, -0.05) is 54.1 Å². The van der Waals surface area contributed by atoms with E-state index in [0.717, 1.165) is 4.90 Å². The first-order valence-electron chi connectivity index (χ1n) is 9.11. The minimum absolute atomic E-state index is 0.0296. The number of hydrogen-bond acceptors (Lipinski definition) is 3. The van der Waals surface area contributed by atoms with Gasteiger partial charge in [-0.2, -0.15) is 0 Å². The van der Waals surface area contributed by atoms with Gasteiger partial charge in [-0.3, -0.25) is 4.79 Å². The molecule has 7 heteroatoms. The number of ether oxygens (including phenoxy) is 1. The molecule has 0 unspecified atom stereocenters. The minimum Gasteiger partial charge on any atom is -0.488 e. The van der Waals surface area contributed by atoms with Crippen molar-refractivity contribution in [1.82, 2.24) is 5.32 Å². The molecule has 0 atom stereocenters. The molecule has 1 fully saturated rings. The van der Waals surface area contributed by atoms with E-state index in [1.807, 2.05) is 0 Å². The van der Waals surface area contributed by atoms with E-state index in [4.69, 9.17) is 16.3 Å². The molecule has 150 valence electrons. The van der Waals surface area contributed by atoms with Gasteiger partial charge in [-0.25, -0.2) is 14.1 Å². The van der Waals surface area contributed by atoms with Gasteiger partial charge in [0.1, 0.15) is 23.9 Å². The van der Waals surface area contributed by atoms with Gasteiger partial charge in [0, 0.05) is 16.1 Å². The number of rotatable bonds is 5. The Morgan fingerprint density at radius 3 is 2.57 bits per heavy atom. The first kappa shape index (κ1) is 19.7. The molecular formula is C23H16ClFN2O3. The summed E-state index contributed by atoms with van der Waals surface area (Å²) in [5, 5.41) is 2.98. The predicted molar refractivity (Wildman–Crippen MR) is 113 cm³/mol. The molecule has 0 bridgehead atoms. The number of carbonyl (C=O) groups excluding carboxylic acids is 2. The second-order valence-electron chi connectivity index (χ2n) is 6.53. The average Bonchev–Trinajstić information content (AvgIpc) is 3.01. The van der Waals surface area contributed by atoms with Crippen molar-refractivity contribution in [1.29, 1.82) is 0 Å². The highest BCUT2D eigenvalue weighted by atomic mass is 35.5. The summed E-state index contributed by atoms with van der Waals surface area (Å²) in [5.41, 5.74) is 1.46. The van der Waals surface area contributed by atoms with Crippen LogP contribution < -0.4 is 15.0 Å². The van der Waals surface area contributed by atoms with Crippen LogP contribution in [0.25, 0.3) is 6.08 Å². The largest absolute Gasteiger partial charge is 0.488 e. The van der Waals surface area contributed by atoms with Crippen LogP contribution in [0.15, 0.2) is 78.5 Å². The maximum atomic E-state index is 13.8. The quantitative estimate of drug-likeness (QED) is 0.456. The summed E-state index contributed by atoms with van der Waals surface area (Å²) in [6, 6.07) is 19.2. The molecule has 30 heavy (non-hydrogen) atoms. The third kappa shape index (κ3) is 4.04. The summed E-state index contributed by atoms with van der Waals surface area (Å²) >= 11 is 5.97. The molecule has 3 aromatic rings. The lowest BCUT2D eigenvalue weighted by atomic mass is 10.1. The molecule has 1 N–H and O–H groups in total. The maximum absolute atomic E-state index is 13.8. The Labute approximate surface area is 177 Å². The van der Waals surface area contributed by atoms with Gasteiger partial charge in [-0.15, -0.1) is 0 Å². The molecule has 0 aromatic heterocycles. The third-order valence-electron chi connectivity index (χ3n) is 4.50. The molecular weight excluding hydrogens is 407 g/mol. The van der Waals surface area contributed by atoms with Gasteiger partial charge in [0.25, 0.3) is 5.91 Å². The lowest BCUT2D eigenvalue weighted by molar-refractivity contribution is -0.113. The Balaban J connectivity index is 1.59. The minimum atomic E-state index is -0.571. The number of nitrogens with one attached hydrogen (secondary N) is 1. The Kier molecular flexibility index (Phi) is 5.50. The second kappa shape index (κ2) is 8.39. The van der Waals surface area contributed by atoms with E-state index in [-0.39, 0.29) is 18.1 Å². The van der Waals surface area contributed by atoms with Crippen LogP contribution in [-0.2, 0) is 11.4 Å². The number of imide groups is 1. The average molecular weight is 423 g/mol. The zero-order valence-electron chi connectivity index (χ0n) is 15.6. The molecule has 1 heterocycles. The molecule has 1 aliphatic heterocycles. The van der Waals surface area contributed by atoms with E-state index in [2.05, 4.69) is 5.32 Å². The maximum Gasteiger partial charge on any atom is 0.333 e. The van der Waals surface area contributed by atoms with Crippen molar-refractivity contribution in [3.63, 3.8) is 0 Å². The molecule has 4 rings (SSSR count). The molecule has 3 aromatic carbocycles. The van der Waals surface area contributed by atoms with Gasteiger partial charge in [0.15, 0.2) is 0 Å². The second-order valence-corrected chi connectivity index (χ2v) is 6.96. The number of benzene rings is 3. The van der Waals surface area contributed by atoms with Crippen LogP contribution in [0.4, 0.5) is 14.9 Å². The molecule has 0 saturated carbocycles. The number of anilines is 1. The van der Waals surface area contributed by atoms with Crippen LogP contribution in [0.2, 0.25) is 5.02 Å². The van der Waals surface area contributed by atoms with Crippen molar-refractivity contribution in [2.45, 2.75) is 6.61 Å². The number of hydrogen-bond donors (Lipinski definition) is 1. The number of nitrogens with zero attached hydrogens (tertiary/aromatic N) is 1. The first-order chi connectivity index (χ1) is 14.5. The number of halogens is 2. The van der Waals surface area contributed by atoms with Crippen LogP contribution in [0, 0.1) is 5.82 Å². The van der Waals surface area contributed by atoms with Gasteiger partial charge in [0.2, 0.25) is 0 Å². The summed E-state index contributed by atoms with van der Waals surface area (Å²) in [4.78, 5) is 26.2. The fourth-order valence-corrected chi connectivity index (χ4v) is 3.23. The zero-order valence-corrected chi connectivity index (χ0v) is 16.4. The van der Waals surface area contributed by atoms with E-state index in [1.165, 1.54) is 18.2 Å². The zero-order chi connectivity index (χ0) is 21.1. The first-order valence-corrected chi connectivity index (χ1v) is 9.48.